The molecule has 0 aliphatic carbocycles. The van der Waals surface area contributed by atoms with E-state index in [-0.39, 0.29) is 12.2 Å². The normalized spacial score (nSPS) is 22.2. The van der Waals surface area contributed by atoms with Gasteiger partial charge in [0.1, 0.15) is 11.9 Å². The Labute approximate surface area is 165 Å². The van der Waals surface area contributed by atoms with Gasteiger partial charge in [0.05, 0.1) is 6.10 Å². The van der Waals surface area contributed by atoms with Crippen LogP contribution in [0, 0.1) is 0 Å². The highest BCUT2D eigenvalue weighted by atomic mass is 35.5. The van der Waals surface area contributed by atoms with Crippen LogP contribution in [-0.2, 0) is 19.0 Å². The summed E-state index contributed by atoms with van der Waals surface area (Å²) in [5.41, 5.74) is -3.74. The molecule has 1 aliphatic rings. The average molecular weight is 433 g/mol. The molecule has 1 saturated heterocycles. The van der Waals surface area contributed by atoms with Gasteiger partial charge >= 0.3 is 15.6 Å². The van der Waals surface area contributed by atoms with Crippen molar-refractivity contribution in [3.05, 3.63) is 82.1 Å². The lowest BCUT2D eigenvalue weighted by Crippen LogP contribution is -2.25. The van der Waals surface area contributed by atoms with Crippen molar-refractivity contribution in [1.82, 2.24) is 0 Å². The zero-order chi connectivity index (χ0) is 20.5. The van der Waals surface area contributed by atoms with Gasteiger partial charge in [0.2, 0.25) is 0 Å². The van der Waals surface area contributed by atoms with E-state index < -0.39 is 27.8 Å². The van der Waals surface area contributed by atoms with Crippen LogP contribution in [0.3, 0.4) is 0 Å². The summed E-state index contributed by atoms with van der Waals surface area (Å²) in [5, 5.41) is 0.486. The first-order valence-electron chi connectivity index (χ1n) is 8.25. The van der Waals surface area contributed by atoms with Gasteiger partial charge in [-0.1, -0.05) is 54.1 Å². The van der Waals surface area contributed by atoms with E-state index in [4.69, 9.17) is 16.3 Å². The maximum atomic E-state index is 12.7. The van der Waals surface area contributed by atoms with Gasteiger partial charge in [-0.15, -0.1) is 0 Å². The van der Waals surface area contributed by atoms with Gasteiger partial charge in [-0.05, 0) is 30.2 Å². The van der Waals surface area contributed by atoms with Gasteiger partial charge in [0.25, 0.3) is 0 Å². The van der Waals surface area contributed by atoms with E-state index in [1.165, 1.54) is 6.92 Å². The van der Waals surface area contributed by atoms with Crippen LogP contribution in [0.15, 0.2) is 65.9 Å². The summed E-state index contributed by atoms with van der Waals surface area (Å²) in [7, 11) is -5.76. The Kier molecular flexibility index (Phi) is 5.74. The number of benzene rings is 2. The molecular weight excluding hydrogens is 417 g/mol. The maximum Gasteiger partial charge on any atom is 0.534 e. The van der Waals surface area contributed by atoms with Gasteiger partial charge in [0.15, 0.2) is 0 Å². The van der Waals surface area contributed by atoms with Crippen molar-refractivity contribution in [3.8, 4) is 0 Å². The van der Waals surface area contributed by atoms with Crippen molar-refractivity contribution in [2.24, 2.45) is 0 Å². The zero-order valence-electron chi connectivity index (χ0n) is 14.6. The highest BCUT2D eigenvalue weighted by Gasteiger charge is 2.49. The van der Waals surface area contributed by atoms with Crippen LogP contribution in [0.5, 0.6) is 0 Å². The van der Waals surface area contributed by atoms with Crippen LogP contribution in [0.25, 0.3) is 0 Å². The summed E-state index contributed by atoms with van der Waals surface area (Å²) >= 11 is 5.90. The maximum absolute atomic E-state index is 12.7. The van der Waals surface area contributed by atoms with Crippen LogP contribution in [-0.4, -0.2) is 13.9 Å². The van der Waals surface area contributed by atoms with E-state index in [9.17, 15) is 21.6 Å². The number of hydrogen-bond acceptors (Lipinski definition) is 4. The minimum Gasteiger partial charge on any atom is -0.381 e. The molecule has 1 fully saturated rings. The Balaban J connectivity index is 2.00. The molecule has 1 heterocycles. The third-order valence-corrected chi connectivity index (χ3v) is 5.62. The van der Waals surface area contributed by atoms with Crippen molar-refractivity contribution < 1.29 is 30.5 Å². The first-order chi connectivity index (χ1) is 13.1. The molecule has 3 rings (SSSR count). The fraction of sp³-hybridized carbons (Fsp3) is 0.263. The molecule has 0 bridgehead atoms. The molecule has 0 N–H and O–H groups in total. The molecule has 2 aromatic carbocycles. The summed E-state index contributed by atoms with van der Waals surface area (Å²) in [6.07, 6.45) is -1.02. The molecule has 9 heteroatoms. The number of ether oxygens (including phenoxy) is 1. The van der Waals surface area contributed by atoms with Gasteiger partial charge < -0.3 is 8.92 Å². The van der Waals surface area contributed by atoms with E-state index in [0.717, 1.165) is 5.56 Å². The topological polar surface area (TPSA) is 52.6 Å². The second-order valence-electron chi connectivity index (χ2n) is 6.24. The monoisotopic (exact) mass is 432 g/mol. The molecule has 0 spiro atoms. The molecule has 0 saturated carbocycles. The molecule has 2 unspecified atom stereocenters. The van der Waals surface area contributed by atoms with Crippen LogP contribution < -0.4 is 0 Å². The molecule has 150 valence electrons. The van der Waals surface area contributed by atoms with E-state index in [1.54, 1.807) is 24.3 Å². The molecule has 2 atom stereocenters. The third-order valence-electron chi connectivity index (χ3n) is 4.34. The van der Waals surface area contributed by atoms with Gasteiger partial charge in [-0.25, -0.2) is 0 Å². The average Bonchev–Trinajstić information content (AvgIpc) is 3.07. The fourth-order valence-corrected chi connectivity index (χ4v) is 3.63. The Morgan fingerprint density at radius 1 is 1.07 bits per heavy atom. The highest BCUT2D eigenvalue weighted by molar-refractivity contribution is 7.87. The lowest BCUT2D eigenvalue weighted by atomic mass is 9.97. The van der Waals surface area contributed by atoms with Crippen LogP contribution in [0.4, 0.5) is 13.2 Å². The molecular formula is C19H16ClF3O4S. The third kappa shape index (κ3) is 4.34. The quantitative estimate of drug-likeness (QED) is 0.354. The van der Waals surface area contributed by atoms with Crippen LogP contribution in [0.2, 0.25) is 5.02 Å². The Morgan fingerprint density at radius 3 is 2.25 bits per heavy atom. The number of rotatable bonds is 4. The highest BCUT2D eigenvalue weighted by Crippen LogP contribution is 2.47. The molecule has 28 heavy (non-hydrogen) atoms. The van der Waals surface area contributed by atoms with E-state index >= 15 is 0 Å². The minimum absolute atomic E-state index is 0.191. The summed E-state index contributed by atoms with van der Waals surface area (Å²) < 4.78 is 71.4. The van der Waals surface area contributed by atoms with E-state index in [1.807, 2.05) is 30.3 Å². The van der Waals surface area contributed by atoms with Gasteiger partial charge in [-0.2, -0.15) is 21.6 Å². The molecule has 0 radical (unpaired) electrons. The Morgan fingerprint density at radius 2 is 1.68 bits per heavy atom. The van der Waals surface area contributed by atoms with Crippen molar-refractivity contribution in [2.75, 3.05) is 0 Å². The van der Waals surface area contributed by atoms with Crippen molar-refractivity contribution in [3.63, 3.8) is 0 Å². The van der Waals surface area contributed by atoms with Crippen LogP contribution >= 0.6 is 11.6 Å². The number of allylic oxidation sites excluding steroid dienone is 1. The standard InChI is InChI=1S/C19H16ClF3O4S/c1-12(27-28(24,25)19(21,22)23)16-11-17(13-5-3-2-4-6-13)26-18(16)14-7-9-15(20)10-8-14/h2-10,17-18H,11H2,1H3/b16-12-. The first-order valence-corrected chi connectivity index (χ1v) is 10.0. The molecule has 4 nitrogen and oxygen atoms in total. The smallest absolute Gasteiger partial charge is 0.381 e. The lowest BCUT2D eigenvalue weighted by Gasteiger charge is -2.17. The summed E-state index contributed by atoms with van der Waals surface area (Å²) in [4.78, 5) is 0. The lowest BCUT2D eigenvalue weighted by molar-refractivity contribution is -0.0522. The largest absolute Gasteiger partial charge is 0.534 e. The summed E-state index contributed by atoms with van der Waals surface area (Å²) in [6.45, 7) is 1.19. The summed E-state index contributed by atoms with van der Waals surface area (Å²) in [5.74, 6) is -0.351. The minimum atomic E-state index is -5.76. The second kappa shape index (κ2) is 7.77. The Bertz CT molecular complexity index is 970. The molecule has 1 aliphatic heterocycles. The van der Waals surface area contributed by atoms with E-state index in [2.05, 4.69) is 4.18 Å². The Hall–Kier alpha value is -2.03. The predicted molar refractivity (Wildman–Crippen MR) is 97.8 cm³/mol. The number of hydrogen-bond donors (Lipinski definition) is 0. The van der Waals surface area contributed by atoms with E-state index in [0.29, 0.717) is 16.2 Å². The van der Waals surface area contributed by atoms with Gasteiger partial charge in [-0.3, -0.25) is 0 Å². The summed E-state index contributed by atoms with van der Waals surface area (Å²) in [6, 6.07) is 15.7. The fourth-order valence-electron chi connectivity index (χ4n) is 2.98. The van der Waals surface area contributed by atoms with Gasteiger partial charge in [0, 0.05) is 17.0 Å². The second-order valence-corrected chi connectivity index (χ2v) is 8.21. The predicted octanol–water partition coefficient (Wildman–Crippen LogP) is 5.68. The first kappa shape index (κ1) is 20.7. The van der Waals surface area contributed by atoms with Crippen LogP contribution in [0.1, 0.15) is 36.7 Å². The van der Waals surface area contributed by atoms with Crippen molar-refractivity contribution >= 4 is 21.7 Å². The number of alkyl halides is 3. The molecule has 2 aromatic rings. The number of halogens is 4. The molecule has 0 amide bonds. The van der Waals surface area contributed by atoms with Crippen molar-refractivity contribution in [2.45, 2.75) is 31.1 Å². The zero-order valence-corrected chi connectivity index (χ0v) is 16.2. The SMILES string of the molecule is C/C(OS(=O)(=O)C(F)(F)F)=C1\CC(c2ccccc2)OC1c1ccc(Cl)cc1. The van der Waals surface area contributed by atoms with Crippen molar-refractivity contribution in [1.29, 1.82) is 0 Å². The molecule has 0 aromatic heterocycles.